The SMILES string of the molecule is Cc1ccc(-c2noc([C@H](C)N3CCCC3)n2)nn1. The molecule has 3 heterocycles. The molecule has 0 spiro atoms. The van der Waals surface area contributed by atoms with Crippen molar-refractivity contribution < 1.29 is 4.52 Å². The summed E-state index contributed by atoms with van der Waals surface area (Å²) in [5, 5.41) is 12.1. The Balaban J connectivity index is 1.80. The molecule has 6 heteroatoms. The van der Waals surface area contributed by atoms with Gasteiger partial charge >= 0.3 is 0 Å². The lowest BCUT2D eigenvalue weighted by Crippen LogP contribution is -2.23. The van der Waals surface area contributed by atoms with E-state index in [0.29, 0.717) is 17.4 Å². The van der Waals surface area contributed by atoms with Crippen LogP contribution in [0.25, 0.3) is 11.5 Å². The molecular weight excluding hydrogens is 242 g/mol. The Kier molecular flexibility index (Phi) is 3.25. The molecule has 0 aromatic carbocycles. The van der Waals surface area contributed by atoms with E-state index >= 15 is 0 Å². The van der Waals surface area contributed by atoms with Gasteiger partial charge in [-0.3, -0.25) is 4.90 Å². The van der Waals surface area contributed by atoms with Gasteiger partial charge in [-0.2, -0.15) is 10.1 Å². The Hall–Kier alpha value is -1.82. The first-order valence-corrected chi connectivity index (χ1v) is 6.62. The molecule has 2 aromatic rings. The standard InChI is InChI=1S/C13H17N5O/c1-9-5-6-11(16-15-9)12-14-13(19-17-12)10(2)18-7-3-4-8-18/h5-6,10H,3-4,7-8H2,1-2H3/t10-/m0/s1. The summed E-state index contributed by atoms with van der Waals surface area (Å²) in [6, 6.07) is 3.92. The van der Waals surface area contributed by atoms with Crippen LogP contribution in [-0.2, 0) is 0 Å². The number of rotatable bonds is 3. The average molecular weight is 259 g/mol. The first-order valence-electron chi connectivity index (χ1n) is 6.62. The third-order valence-electron chi connectivity index (χ3n) is 3.51. The zero-order valence-corrected chi connectivity index (χ0v) is 11.2. The molecule has 0 saturated carbocycles. The number of aromatic nitrogens is 4. The summed E-state index contributed by atoms with van der Waals surface area (Å²) in [6.45, 7) is 6.20. The van der Waals surface area contributed by atoms with E-state index in [-0.39, 0.29) is 6.04 Å². The van der Waals surface area contributed by atoms with Crippen molar-refractivity contribution in [1.82, 2.24) is 25.2 Å². The van der Waals surface area contributed by atoms with E-state index in [1.165, 1.54) is 12.8 Å². The van der Waals surface area contributed by atoms with Gasteiger partial charge in [0.25, 0.3) is 0 Å². The van der Waals surface area contributed by atoms with Crippen LogP contribution in [0.3, 0.4) is 0 Å². The van der Waals surface area contributed by atoms with Crippen LogP contribution in [0, 0.1) is 6.92 Å². The van der Waals surface area contributed by atoms with Crippen LogP contribution >= 0.6 is 0 Å². The zero-order valence-electron chi connectivity index (χ0n) is 11.2. The Bertz CT molecular complexity index is 544. The molecule has 0 aliphatic carbocycles. The third kappa shape index (κ3) is 2.49. The third-order valence-corrected chi connectivity index (χ3v) is 3.51. The van der Waals surface area contributed by atoms with Crippen molar-refractivity contribution >= 4 is 0 Å². The molecule has 0 bridgehead atoms. The number of aryl methyl sites for hydroxylation is 1. The molecule has 3 rings (SSSR count). The van der Waals surface area contributed by atoms with Crippen LogP contribution in [0.2, 0.25) is 0 Å². The molecule has 0 radical (unpaired) electrons. The van der Waals surface area contributed by atoms with Crippen molar-refractivity contribution in [2.45, 2.75) is 32.7 Å². The van der Waals surface area contributed by atoms with Gasteiger partial charge in [-0.25, -0.2) is 0 Å². The normalized spacial score (nSPS) is 17.8. The number of hydrogen-bond acceptors (Lipinski definition) is 6. The van der Waals surface area contributed by atoms with Gasteiger partial charge in [-0.05, 0) is 51.9 Å². The van der Waals surface area contributed by atoms with E-state index in [2.05, 4.69) is 32.2 Å². The summed E-state index contributed by atoms with van der Waals surface area (Å²) in [5.74, 6) is 1.16. The highest BCUT2D eigenvalue weighted by molar-refractivity contribution is 5.46. The minimum Gasteiger partial charge on any atom is -0.337 e. The van der Waals surface area contributed by atoms with Crippen molar-refractivity contribution in [3.63, 3.8) is 0 Å². The van der Waals surface area contributed by atoms with Gasteiger partial charge in [0, 0.05) is 0 Å². The highest BCUT2D eigenvalue weighted by atomic mass is 16.5. The second-order valence-electron chi connectivity index (χ2n) is 4.94. The fourth-order valence-corrected chi connectivity index (χ4v) is 2.31. The molecule has 1 atom stereocenters. The van der Waals surface area contributed by atoms with Crippen LogP contribution < -0.4 is 0 Å². The maximum Gasteiger partial charge on any atom is 0.244 e. The number of hydrogen-bond donors (Lipinski definition) is 0. The Labute approximate surface area is 111 Å². The lowest BCUT2D eigenvalue weighted by atomic mass is 10.3. The van der Waals surface area contributed by atoms with Crippen LogP contribution in [0.15, 0.2) is 16.7 Å². The highest BCUT2D eigenvalue weighted by Crippen LogP contribution is 2.24. The van der Waals surface area contributed by atoms with Crippen LogP contribution in [0.1, 0.15) is 37.4 Å². The average Bonchev–Trinajstić information content (AvgIpc) is 3.10. The molecule has 100 valence electrons. The first kappa shape index (κ1) is 12.2. The molecule has 0 N–H and O–H groups in total. The van der Waals surface area contributed by atoms with Crippen molar-refractivity contribution in [2.24, 2.45) is 0 Å². The van der Waals surface area contributed by atoms with Gasteiger partial charge in [0.1, 0.15) is 5.69 Å². The van der Waals surface area contributed by atoms with Crippen molar-refractivity contribution in [2.75, 3.05) is 13.1 Å². The fourth-order valence-electron chi connectivity index (χ4n) is 2.31. The van der Waals surface area contributed by atoms with Gasteiger partial charge in [-0.1, -0.05) is 5.16 Å². The van der Waals surface area contributed by atoms with E-state index in [4.69, 9.17) is 4.52 Å². The Morgan fingerprint density at radius 2 is 2.00 bits per heavy atom. The topological polar surface area (TPSA) is 67.9 Å². The van der Waals surface area contributed by atoms with E-state index in [1.807, 2.05) is 19.1 Å². The maximum absolute atomic E-state index is 5.35. The maximum atomic E-state index is 5.35. The number of nitrogens with zero attached hydrogens (tertiary/aromatic N) is 5. The van der Waals surface area contributed by atoms with Crippen molar-refractivity contribution in [3.05, 3.63) is 23.7 Å². The van der Waals surface area contributed by atoms with Crippen LogP contribution in [0.5, 0.6) is 0 Å². The molecule has 6 nitrogen and oxygen atoms in total. The van der Waals surface area contributed by atoms with Gasteiger partial charge in [0.05, 0.1) is 11.7 Å². The summed E-state index contributed by atoms with van der Waals surface area (Å²) in [7, 11) is 0. The molecule has 1 aliphatic rings. The molecule has 2 aromatic heterocycles. The number of likely N-dealkylation sites (tertiary alicyclic amines) is 1. The molecule has 19 heavy (non-hydrogen) atoms. The van der Waals surface area contributed by atoms with Gasteiger partial charge in [-0.15, -0.1) is 5.10 Å². The van der Waals surface area contributed by atoms with Gasteiger partial charge in [0.2, 0.25) is 11.7 Å². The smallest absolute Gasteiger partial charge is 0.244 e. The zero-order chi connectivity index (χ0) is 13.2. The lowest BCUT2D eigenvalue weighted by molar-refractivity contribution is 0.209. The second-order valence-corrected chi connectivity index (χ2v) is 4.94. The fraction of sp³-hybridized carbons (Fsp3) is 0.538. The Morgan fingerprint density at radius 1 is 1.21 bits per heavy atom. The highest BCUT2D eigenvalue weighted by Gasteiger charge is 2.24. The predicted octanol–water partition coefficient (Wildman–Crippen LogP) is 1.99. The van der Waals surface area contributed by atoms with E-state index < -0.39 is 0 Å². The summed E-state index contributed by atoms with van der Waals surface area (Å²) in [4.78, 5) is 6.79. The quantitative estimate of drug-likeness (QED) is 0.839. The molecule has 0 amide bonds. The minimum absolute atomic E-state index is 0.169. The van der Waals surface area contributed by atoms with E-state index in [9.17, 15) is 0 Å². The molecule has 0 unspecified atom stereocenters. The molecule has 1 fully saturated rings. The minimum atomic E-state index is 0.169. The summed E-state index contributed by atoms with van der Waals surface area (Å²) < 4.78 is 5.35. The van der Waals surface area contributed by atoms with Gasteiger partial charge < -0.3 is 4.52 Å². The van der Waals surface area contributed by atoms with Crippen molar-refractivity contribution in [3.8, 4) is 11.5 Å². The van der Waals surface area contributed by atoms with Gasteiger partial charge in [0.15, 0.2) is 0 Å². The molecular formula is C13H17N5O. The van der Waals surface area contributed by atoms with E-state index in [1.54, 1.807) is 0 Å². The predicted molar refractivity (Wildman–Crippen MR) is 69.3 cm³/mol. The summed E-state index contributed by atoms with van der Waals surface area (Å²) in [5.41, 5.74) is 1.52. The van der Waals surface area contributed by atoms with E-state index in [0.717, 1.165) is 18.8 Å². The summed E-state index contributed by atoms with van der Waals surface area (Å²) >= 11 is 0. The Morgan fingerprint density at radius 3 is 2.68 bits per heavy atom. The molecule has 1 aliphatic heterocycles. The largest absolute Gasteiger partial charge is 0.337 e. The lowest BCUT2D eigenvalue weighted by Gasteiger charge is -2.19. The van der Waals surface area contributed by atoms with Crippen LogP contribution in [-0.4, -0.2) is 38.3 Å². The monoisotopic (exact) mass is 259 g/mol. The first-order chi connectivity index (χ1) is 9.24. The molecule has 1 saturated heterocycles. The summed E-state index contributed by atoms with van der Waals surface area (Å²) in [6.07, 6.45) is 2.49. The van der Waals surface area contributed by atoms with Crippen molar-refractivity contribution in [1.29, 1.82) is 0 Å². The van der Waals surface area contributed by atoms with Crippen LogP contribution in [0.4, 0.5) is 0 Å². The second kappa shape index (κ2) is 5.05.